The van der Waals surface area contributed by atoms with Crippen molar-refractivity contribution in [1.29, 1.82) is 0 Å². The third kappa shape index (κ3) is 4.94. The number of carbonyl (C=O) groups excluding carboxylic acids is 1. The zero-order chi connectivity index (χ0) is 24.9. The fourth-order valence-electron chi connectivity index (χ4n) is 4.30. The molecule has 36 heavy (non-hydrogen) atoms. The topological polar surface area (TPSA) is 87.0 Å². The van der Waals surface area contributed by atoms with Crippen LogP contribution in [0.3, 0.4) is 0 Å². The fraction of sp³-hybridized carbons (Fsp3) is 0.250. The molecule has 184 valence electrons. The van der Waals surface area contributed by atoms with Crippen LogP contribution in [-0.2, 0) is 17.8 Å². The summed E-state index contributed by atoms with van der Waals surface area (Å²) in [6.07, 6.45) is 9.88. The molecule has 8 nitrogen and oxygen atoms in total. The summed E-state index contributed by atoms with van der Waals surface area (Å²) in [6, 6.07) is 14.2. The first-order chi connectivity index (χ1) is 17.7. The largest absolute Gasteiger partial charge is 0.493 e. The van der Waals surface area contributed by atoms with Crippen LogP contribution in [-0.4, -0.2) is 40.6 Å². The number of methoxy groups -OCH3 is 1. The zero-order valence-corrected chi connectivity index (χ0v) is 20.3. The van der Waals surface area contributed by atoms with E-state index in [0.29, 0.717) is 30.3 Å². The molecule has 5 rings (SSSR count). The second-order valence-corrected chi connectivity index (χ2v) is 8.43. The van der Waals surface area contributed by atoms with Crippen molar-refractivity contribution in [2.75, 3.05) is 20.3 Å². The number of benzene rings is 2. The van der Waals surface area contributed by atoms with E-state index >= 15 is 0 Å². The number of nitrogens with zero attached hydrogens (tertiary/aromatic N) is 3. The van der Waals surface area contributed by atoms with Gasteiger partial charge < -0.3 is 19.5 Å². The number of hydrogen-bond donors (Lipinski definition) is 1. The molecular weight excluding hydrogens is 456 g/mol. The van der Waals surface area contributed by atoms with Crippen LogP contribution in [0.2, 0.25) is 0 Å². The van der Waals surface area contributed by atoms with E-state index in [-0.39, 0.29) is 6.04 Å². The summed E-state index contributed by atoms with van der Waals surface area (Å²) in [6.45, 7) is 3.41. The van der Waals surface area contributed by atoms with Crippen LogP contribution in [0.15, 0.2) is 67.1 Å². The number of fused-ring (bicyclic) bond motifs is 2. The molecule has 0 amide bonds. The summed E-state index contributed by atoms with van der Waals surface area (Å²) in [4.78, 5) is 20.8. The highest BCUT2D eigenvalue weighted by atomic mass is 16.5. The lowest BCUT2D eigenvalue weighted by Gasteiger charge is -2.26. The summed E-state index contributed by atoms with van der Waals surface area (Å²) in [7, 11) is 1.66. The van der Waals surface area contributed by atoms with Crippen LogP contribution >= 0.6 is 0 Å². The number of nitrogens with one attached hydrogen (secondary N) is 1. The Morgan fingerprint density at radius 2 is 2.00 bits per heavy atom. The number of carbonyl (C=O) groups is 1. The van der Waals surface area contributed by atoms with Crippen molar-refractivity contribution in [2.45, 2.75) is 26.0 Å². The van der Waals surface area contributed by atoms with E-state index in [2.05, 4.69) is 27.4 Å². The van der Waals surface area contributed by atoms with E-state index in [1.54, 1.807) is 30.8 Å². The van der Waals surface area contributed by atoms with Gasteiger partial charge in [-0.05, 0) is 48.2 Å². The number of imidazole rings is 1. The normalized spacial score (nSPS) is 15.1. The molecule has 8 heteroatoms. The highest BCUT2D eigenvalue weighted by Gasteiger charge is 2.21. The van der Waals surface area contributed by atoms with Gasteiger partial charge in [-0.15, -0.1) is 0 Å². The lowest BCUT2D eigenvalue weighted by atomic mass is 9.93. The lowest BCUT2D eigenvalue weighted by molar-refractivity contribution is 0.0525. The molecule has 1 N–H and O–H groups in total. The number of ether oxygens (including phenoxy) is 3. The van der Waals surface area contributed by atoms with Crippen LogP contribution in [0.5, 0.6) is 11.5 Å². The minimum atomic E-state index is -0.407. The van der Waals surface area contributed by atoms with Crippen LogP contribution in [0.4, 0.5) is 0 Å². The standard InChI is InChI=1S/C28H28N4O4/c1-3-35-27(33)21-15-30-28-31-16-22(32(28)17-21)9-10-24-23-14-25(34-2)26(13-20(23)11-12-29-24)36-18-19-7-5-4-6-8-19/h4-10,13-17,24,29H,3,11-12,18H2,1-2H3/b10-9+. The van der Waals surface area contributed by atoms with Gasteiger partial charge in [0, 0.05) is 18.9 Å². The predicted octanol–water partition coefficient (Wildman–Crippen LogP) is 4.39. The molecule has 1 unspecified atom stereocenters. The third-order valence-corrected chi connectivity index (χ3v) is 6.12. The van der Waals surface area contributed by atoms with Gasteiger partial charge in [-0.25, -0.2) is 14.8 Å². The van der Waals surface area contributed by atoms with E-state index in [0.717, 1.165) is 35.5 Å². The molecule has 0 spiro atoms. The first-order valence-corrected chi connectivity index (χ1v) is 12.0. The molecule has 2 aromatic heterocycles. The predicted molar refractivity (Wildman–Crippen MR) is 136 cm³/mol. The second-order valence-electron chi connectivity index (χ2n) is 8.43. The molecule has 0 radical (unpaired) electrons. The van der Waals surface area contributed by atoms with Gasteiger partial charge in [-0.3, -0.25) is 4.40 Å². The Morgan fingerprint density at radius 3 is 2.81 bits per heavy atom. The molecular formula is C28H28N4O4. The summed E-state index contributed by atoms with van der Waals surface area (Å²) >= 11 is 0. The highest BCUT2D eigenvalue weighted by Crippen LogP contribution is 2.36. The monoisotopic (exact) mass is 484 g/mol. The minimum absolute atomic E-state index is 0.0161. The maximum absolute atomic E-state index is 12.1. The van der Waals surface area contributed by atoms with Crippen LogP contribution < -0.4 is 14.8 Å². The molecule has 4 aromatic rings. The van der Waals surface area contributed by atoms with Gasteiger partial charge in [-0.2, -0.15) is 0 Å². The Kier molecular flexibility index (Phi) is 6.95. The Balaban J connectivity index is 1.39. The third-order valence-electron chi connectivity index (χ3n) is 6.12. The van der Waals surface area contributed by atoms with Gasteiger partial charge in [-0.1, -0.05) is 36.4 Å². The molecule has 0 fully saturated rings. The first-order valence-electron chi connectivity index (χ1n) is 12.0. The van der Waals surface area contributed by atoms with Crippen molar-refractivity contribution < 1.29 is 19.0 Å². The lowest BCUT2D eigenvalue weighted by Crippen LogP contribution is -2.28. The molecule has 0 bridgehead atoms. The summed E-state index contributed by atoms with van der Waals surface area (Å²) in [5.74, 6) is 1.55. The number of rotatable bonds is 8. The Bertz CT molecular complexity index is 1400. The van der Waals surface area contributed by atoms with E-state index in [1.165, 1.54) is 11.8 Å². The maximum Gasteiger partial charge on any atom is 0.341 e. The van der Waals surface area contributed by atoms with Crippen molar-refractivity contribution >= 4 is 17.8 Å². The smallest absolute Gasteiger partial charge is 0.341 e. The van der Waals surface area contributed by atoms with Gasteiger partial charge in [0.1, 0.15) is 6.61 Å². The average molecular weight is 485 g/mol. The first kappa shape index (κ1) is 23.6. The van der Waals surface area contributed by atoms with Crippen LogP contribution in [0.25, 0.3) is 11.9 Å². The van der Waals surface area contributed by atoms with Crippen molar-refractivity contribution in [2.24, 2.45) is 0 Å². The van der Waals surface area contributed by atoms with E-state index in [4.69, 9.17) is 14.2 Å². The Labute approximate surface area is 209 Å². The van der Waals surface area contributed by atoms with Gasteiger partial charge in [0.25, 0.3) is 0 Å². The van der Waals surface area contributed by atoms with Gasteiger partial charge in [0.15, 0.2) is 11.5 Å². The van der Waals surface area contributed by atoms with Crippen molar-refractivity contribution in [3.63, 3.8) is 0 Å². The summed E-state index contributed by atoms with van der Waals surface area (Å²) < 4.78 is 18.7. The number of hydrogen-bond acceptors (Lipinski definition) is 7. The molecule has 1 aliphatic heterocycles. The van der Waals surface area contributed by atoms with E-state index in [9.17, 15) is 4.79 Å². The van der Waals surface area contributed by atoms with E-state index in [1.807, 2.05) is 42.5 Å². The number of esters is 1. The molecule has 2 aromatic carbocycles. The van der Waals surface area contributed by atoms with E-state index < -0.39 is 5.97 Å². The van der Waals surface area contributed by atoms with Gasteiger partial charge in [0.2, 0.25) is 5.78 Å². The Hall–Kier alpha value is -4.17. The van der Waals surface area contributed by atoms with Gasteiger partial charge >= 0.3 is 5.97 Å². The zero-order valence-electron chi connectivity index (χ0n) is 20.3. The molecule has 0 aliphatic carbocycles. The molecule has 3 heterocycles. The van der Waals surface area contributed by atoms with Crippen LogP contribution in [0.1, 0.15) is 45.7 Å². The fourth-order valence-corrected chi connectivity index (χ4v) is 4.30. The SMILES string of the molecule is CCOC(=O)c1cnc2ncc(/C=C/C3NCCc4cc(OCc5ccccc5)c(OC)cc43)n2c1. The quantitative estimate of drug-likeness (QED) is 0.371. The number of aromatic nitrogens is 3. The van der Waals surface area contributed by atoms with Crippen molar-refractivity contribution in [1.82, 2.24) is 19.7 Å². The maximum atomic E-state index is 12.1. The summed E-state index contributed by atoms with van der Waals surface area (Å²) in [5, 5.41) is 3.56. The molecule has 0 saturated carbocycles. The average Bonchev–Trinajstić information content (AvgIpc) is 3.33. The molecule has 1 aliphatic rings. The minimum Gasteiger partial charge on any atom is -0.493 e. The second kappa shape index (κ2) is 10.6. The summed E-state index contributed by atoms with van der Waals surface area (Å²) in [5.41, 5.74) is 4.66. The van der Waals surface area contributed by atoms with Crippen LogP contribution in [0, 0.1) is 0 Å². The highest BCUT2D eigenvalue weighted by molar-refractivity contribution is 5.89. The molecule has 1 atom stereocenters. The Morgan fingerprint density at radius 1 is 1.17 bits per heavy atom. The molecule has 0 saturated heterocycles. The van der Waals surface area contributed by atoms with Crippen molar-refractivity contribution in [3.8, 4) is 11.5 Å². The van der Waals surface area contributed by atoms with Crippen molar-refractivity contribution in [3.05, 3.63) is 95.1 Å². The van der Waals surface area contributed by atoms with Gasteiger partial charge in [0.05, 0.1) is 37.2 Å².